The number of ether oxygens (including phenoxy) is 2. The van der Waals surface area contributed by atoms with E-state index in [-0.39, 0.29) is 5.91 Å². The third kappa shape index (κ3) is 5.04. The van der Waals surface area contributed by atoms with Gasteiger partial charge in [0.2, 0.25) is 0 Å². The maximum Gasteiger partial charge on any atom is 0.289 e. The van der Waals surface area contributed by atoms with Crippen LogP contribution >= 0.6 is 0 Å². The van der Waals surface area contributed by atoms with Crippen molar-refractivity contribution in [3.05, 3.63) is 47.9 Å². The quantitative estimate of drug-likeness (QED) is 0.747. The van der Waals surface area contributed by atoms with Crippen LogP contribution in [0.25, 0.3) is 0 Å². The standard InChI is InChI=1S/C21H28N2O4/c1-16(2)15-27-18-7-6-17(13-20(18)25-3)14-22-8-10-23(11-9-22)21(24)19-5-4-12-26-19/h4-7,12-13,16H,8-11,14-15H2,1-3H3. The Kier molecular flexibility index (Phi) is 6.40. The minimum absolute atomic E-state index is 0.0343. The molecule has 0 radical (unpaired) electrons. The smallest absolute Gasteiger partial charge is 0.289 e. The topological polar surface area (TPSA) is 55.2 Å². The van der Waals surface area contributed by atoms with E-state index in [0.29, 0.717) is 31.4 Å². The number of piperazine rings is 1. The number of carbonyl (C=O) groups is 1. The number of hydrogen-bond donors (Lipinski definition) is 0. The van der Waals surface area contributed by atoms with E-state index in [1.165, 1.54) is 11.8 Å². The first-order chi connectivity index (χ1) is 13.1. The zero-order valence-electron chi connectivity index (χ0n) is 16.3. The van der Waals surface area contributed by atoms with Crippen LogP contribution in [0, 0.1) is 5.92 Å². The first-order valence-electron chi connectivity index (χ1n) is 9.41. The summed E-state index contributed by atoms with van der Waals surface area (Å²) in [6.45, 7) is 8.80. The van der Waals surface area contributed by atoms with Crippen molar-refractivity contribution in [2.75, 3.05) is 39.9 Å². The van der Waals surface area contributed by atoms with E-state index in [0.717, 1.165) is 31.1 Å². The summed E-state index contributed by atoms with van der Waals surface area (Å²) in [4.78, 5) is 16.5. The summed E-state index contributed by atoms with van der Waals surface area (Å²) in [5.41, 5.74) is 1.18. The highest BCUT2D eigenvalue weighted by molar-refractivity contribution is 5.91. The minimum atomic E-state index is -0.0343. The number of carbonyl (C=O) groups excluding carboxylic acids is 1. The Hall–Kier alpha value is -2.47. The molecule has 2 aromatic rings. The maximum absolute atomic E-state index is 12.3. The molecule has 0 bridgehead atoms. The molecule has 6 nitrogen and oxygen atoms in total. The zero-order valence-corrected chi connectivity index (χ0v) is 16.3. The van der Waals surface area contributed by atoms with Crippen LogP contribution < -0.4 is 9.47 Å². The van der Waals surface area contributed by atoms with Gasteiger partial charge >= 0.3 is 0 Å². The van der Waals surface area contributed by atoms with Crippen molar-refractivity contribution in [2.24, 2.45) is 5.92 Å². The molecular formula is C21H28N2O4. The number of nitrogens with zero attached hydrogens (tertiary/aromatic N) is 2. The van der Waals surface area contributed by atoms with Crippen LogP contribution in [0.15, 0.2) is 41.0 Å². The molecule has 1 aromatic carbocycles. The molecule has 0 unspecified atom stereocenters. The number of amides is 1. The van der Waals surface area contributed by atoms with Crippen molar-refractivity contribution in [1.29, 1.82) is 0 Å². The SMILES string of the molecule is COc1cc(CN2CCN(C(=O)c3ccco3)CC2)ccc1OCC(C)C. The highest BCUT2D eigenvalue weighted by Gasteiger charge is 2.23. The van der Waals surface area contributed by atoms with Crippen LogP contribution in [0.5, 0.6) is 11.5 Å². The second-order valence-corrected chi connectivity index (χ2v) is 7.24. The summed E-state index contributed by atoms with van der Waals surface area (Å²) in [6.07, 6.45) is 1.53. The number of benzene rings is 1. The van der Waals surface area contributed by atoms with Crippen molar-refractivity contribution in [2.45, 2.75) is 20.4 Å². The number of hydrogen-bond acceptors (Lipinski definition) is 5. The van der Waals surface area contributed by atoms with Gasteiger partial charge in [0, 0.05) is 32.7 Å². The molecule has 1 aliphatic rings. The highest BCUT2D eigenvalue weighted by atomic mass is 16.5. The van der Waals surface area contributed by atoms with Gasteiger partial charge in [0.15, 0.2) is 17.3 Å². The molecule has 1 aliphatic heterocycles. The summed E-state index contributed by atoms with van der Waals surface area (Å²) < 4.78 is 16.5. The zero-order chi connectivity index (χ0) is 19.2. The lowest BCUT2D eigenvalue weighted by molar-refractivity contribution is 0.0597. The molecule has 27 heavy (non-hydrogen) atoms. The predicted octanol–water partition coefficient (Wildman–Crippen LogP) is 3.28. The van der Waals surface area contributed by atoms with Gasteiger partial charge in [0.1, 0.15) is 0 Å². The minimum Gasteiger partial charge on any atom is -0.493 e. The highest BCUT2D eigenvalue weighted by Crippen LogP contribution is 2.29. The van der Waals surface area contributed by atoms with Crippen LogP contribution in [0.2, 0.25) is 0 Å². The van der Waals surface area contributed by atoms with Crippen LogP contribution in [0.1, 0.15) is 30.0 Å². The van der Waals surface area contributed by atoms with Crippen molar-refractivity contribution in [3.8, 4) is 11.5 Å². The van der Waals surface area contributed by atoms with Gasteiger partial charge in [-0.25, -0.2) is 0 Å². The summed E-state index contributed by atoms with van der Waals surface area (Å²) in [7, 11) is 1.67. The molecule has 0 spiro atoms. The number of furan rings is 1. The fourth-order valence-corrected chi connectivity index (χ4v) is 3.11. The molecule has 1 aromatic heterocycles. The number of rotatable bonds is 7. The predicted molar refractivity (Wildman–Crippen MR) is 103 cm³/mol. The van der Waals surface area contributed by atoms with Gasteiger partial charge in [-0.3, -0.25) is 9.69 Å². The first kappa shape index (κ1) is 19.3. The summed E-state index contributed by atoms with van der Waals surface area (Å²) in [6, 6.07) is 9.55. The van der Waals surface area contributed by atoms with Crippen molar-refractivity contribution in [3.63, 3.8) is 0 Å². The van der Waals surface area contributed by atoms with E-state index >= 15 is 0 Å². The number of methoxy groups -OCH3 is 1. The first-order valence-corrected chi connectivity index (χ1v) is 9.41. The second kappa shape index (κ2) is 8.95. The molecule has 6 heteroatoms. The summed E-state index contributed by atoms with van der Waals surface area (Å²) in [5.74, 6) is 2.39. The van der Waals surface area contributed by atoms with Gasteiger partial charge in [-0.1, -0.05) is 19.9 Å². The van der Waals surface area contributed by atoms with Gasteiger partial charge in [0.25, 0.3) is 5.91 Å². The molecule has 2 heterocycles. The Morgan fingerprint density at radius 2 is 1.93 bits per heavy atom. The Morgan fingerprint density at radius 3 is 2.56 bits per heavy atom. The largest absolute Gasteiger partial charge is 0.493 e. The average Bonchev–Trinajstić information content (AvgIpc) is 3.21. The lowest BCUT2D eigenvalue weighted by Gasteiger charge is -2.34. The van der Waals surface area contributed by atoms with Gasteiger partial charge < -0.3 is 18.8 Å². The molecule has 0 saturated carbocycles. The van der Waals surface area contributed by atoms with Crippen LogP contribution in [-0.2, 0) is 6.54 Å². The molecule has 1 amide bonds. The van der Waals surface area contributed by atoms with E-state index in [1.54, 1.807) is 19.2 Å². The average molecular weight is 372 g/mol. The molecule has 0 N–H and O–H groups in total. The lowest BCUT2D eigenvalue weighted by atomic mass is 10.1. The summed E-state index contributed by atoms with van der Waals surface area (Å²) >= 11 is 0. The monoisotopic (exact) mass is 372 g/mol. The summed E-state index contributed by atoms with van der Waals surface area (Å²) in [5, 5.41) is 0. The Bertz CT molecular complexity index is 735. The van der Waals surface area contributed by atoms with Crippen molar-refractivity contribution < 1.29 is 18.7 Å². The van der Waals surface area contributed by atoms with Gasteiger partial charge in [-0.15, -0.1) is 0 Å². The third-order valence-electron chi connectivity index (χ3n) is 4.60. The normalized spacial score (nSPS) is 15.2. The molecule has 0 atom stereocenters. The molecule has 1 fully saturated rings. The Balaban J connectivity index is 1.54. The van der Waals surface area contributed by atoms with Crippen molar-refractivity contribution in [1.82, 2.24) is 9.80 Å². The van der Waals surface area contributed by atoms with E-state index in [1.807, 2.05) is 17.0 Å². The van der Waals surface area contributed by atoms with Crippen LogP contribution in [0.3, 0.4) is 0 Å². The van der Waals surface area contributed by atoms with Crippen LogP contribution in [-0.4, -0.2) is 55.6 Å². The Morgan fingerprint density at radius 1 is 1.15 bits per heavy atom. The third-order valence-corrected chi connectivity index (χ3v) is 4.60. The van der Waals surface area contributed by atoms with Gasteiger partial charge in [-0.05, 0) is 35.7 Å². The van der Waals surface area contributed by atoms with Crippen LogP contribution in [0.4, 0.5) is 0 Å². The fourth-order valence-electron chi connectivity index (χ4n) is 3.11. The second-order valence-electron chi connectivity index (χ2n) is 7.24. The van der Waals surface area contributed by atoms with Crippen molar-refractivity contribution >= 4 is 5.91 Å². The molecular weight excluding hydrogens is 344 g/mol. The van der Waals surface area contributed by atoms with E-state index in [4.69, 9.17) is 13.9 Å². The van der Waals surface area contributed by atoms with E-state index in [2.05, 4.69) is 24.8 Å². The maximum atomic E-state index is 12.3. The fraction of sp³-hybridized carbons (Fsp3) is 0.476. The molecule has 1 saturated heterocycles. The van der Waals surface area contributed by atoms with Gasteiger partial charge in [0.05, 0.1) is 20.0 Å². The molecule has 0 aliphatic carbocycles. The molecule has 3 rings (SSSR count). The van der Waals surface area contributed by atoms with Gasteiger partial charge in [-0.2, -0.15) is 0 Å². The van der Waals surface area contributed by atoms with E-state index < -0.39 is 0 Å². The van der Waals surface area contributed by atoms with E-state index in [9.17, 15) is 4.79 Å². The lowest BCUT2D eigenvalue weighted by Crippen LogP contribution is -2.48. The molecule has 146 valence electrons. The Labute approximate surface area is 160 Å².